The Kier molecular flexibility index (Phi) is 5.75. The second-order valence-corrected chi connectivity index (χ2v) is 7.64. The van der Waals surface area contributed by atoms with Crippen molar-refractivity contribution in [1.82, 2.24) is 15.1 Å². The molecule has 1 N–H and O–H groups in total. The summed E-state index contributed by atoms with van der Waals surface area (Å²) in [4.78, 5) is 17.5. The predicted molar refractivity (Wildman–Crippen MR) is 89.8 cm³/mol. The molecular weight excluding hydrogens is 274 g/mol. The van der Waals surface area contributed by atoms with Gasteiger partial charge in [-0.05, 0) is 70.5 Å². The van der Waals surface area contributed by atoms with Crippen molar-refractivity contribution in [2.45, 2.75) is 57.4 Å². The minimum absolute atomic E-state index is 0.404. The third kappa shape index (κ3) is 3.83. The lowest BCUT2D eigenvalue weighted by Crippen LogP contribution is -2.53. The van der Waals surface area contributed by atoms with Gasteiger partial charge in [-0.1, -0.05) is 12.8 Å². The number of nitrogens with one attached hydrogen (secondary N) is 1. The zero-order valence-electron chi connectivity index (χ0n) is 14.2. The van der Waals surface area contributed by atoms with Crippen molar-refractivity contribution in [2.75, 3.05) is 39.8 Å². The molecule has 3 aliphatic rings. The summed E-state index contributed by atoms with van der Waals surface area (Å²) in [6, 6.07) is 0.563. The molecule has 2 heterocycles. The van der Waals surface area contributed by atoms with Gasteiger partial charge in [0, 0.05) is 19.1 Å². The van der Waals surface area contributed by atoms with Gasteiger partial charge >= 0.3 is 0 Å². The minimum Gasteiger partial charge on any atom is -0.338 e. The number of hydrogen-bond donors (Lipinski definition) is 1. The van der Waals surface area contributed by atoms with E-state index in [1.54, 1.807) is 0 Å². The van der Waals surface area contributed by atoms with Crippen LogP contribution in [-0.2, 0) is 4.79 Å². The second-order valence-electron chi connectivity index (χ2n) is 7.64. The minimum atomic E-state index is 0.404. The van der Waals surface area contributed by atoms with Gasteiger partial charge in [-0.2, -0.15) is 0 Å². The van der Waals surface area contributed by atoms with E-state index in [-0.39, 0.29) is 0 Å². The van der Waals surface area contributed by atoms with Gasteiger partial charge in [0.05, 0.1) is 6.54 Å². The number of carbonyl (C=O) groups is 1. The summed E-state index contributed by atoms with van der Waals surface area (Å²) in [5.74, 6) is 1.92. The molecule has 1 saturated carbocycles. The van der Waals surface area contributed by atoms with Crippen LogP contribution in [0.1, 0.15) is 51.4 Å². The Morgan fingerprint density at radius 2 is 1.82 bits per heavy atom. The number of nitrogens with zero attached hydrogens (tertiary/aromatic N) is 2. The van der Waals surface area contributed by atoms with E-state index in [0.717, 1.165) is 38.0 Å². The molecule has 2 aliphatic heterocycles. The molecule has 126 valence electrons. The van der Waals surface area contributed by atoms with Crippen molar-refractivity contribution in [2.24, 2.45) is 11.8 Å². The molecule has 0 aromatic rings. The van der Waals surface area contributed by atoms with Crippen LogP contribution in [0.5, 0.6) is 0 Å². The van der Waals surface area contributed by atoms with Crippen LogP contribution in [0.4, 0.5) is 0 Å². The fraction of sp³-hybridized carbons (Fsp3) is 0.944. The number of fused-ring (bicyclic) bond motifs is 1. The van der Waals surface area contributed by atoms with Crippen molar-refractivity contribution in [3.05, 3.63) is 0 Å². The highest BCUT2D eigenvalue weighted by atomic mass is 16.2. The lowest BCUT2D eigenvalue weighted by molar-refractivity contribution is -0.139. The maximum atomic E-state index is 12.9. The fourth-order valence-corrected chi connectivity index (χ4v) is 4.97. The van der Waals surface area contributed by atoms with E-state index in [1.165, 1.54) is 51.4 Å². The smallest absolute Gasteiger partial charge is 0.237 e. The Morgan fingerprint density at radius 3 is 2.68 bits per heavy atom. The molecule has 3 fully saturated rings. The number of amides is 1. The number of rotatable bonds is 4. The van der Waals surface area contributed by atoms with Gasteiger partial charge in [0.25, 0.3) is 0 Å². The molecule has 4 heteroatoms. The summed E-state index contributed by atoms with van der Waals surface area (Å²) >= 11 is 0. The molecule has 0 radical (unpaired) electrons. The zero-order chi connectivity index (χ0) is 15.4. The van der Waals surface area contributed by atoms with Crippen LogP contribution in [0.2, 0.25) is 0 Å². The normalized spacial score (nSPS) is 33.5. The second kappa shape index (κ2) is 7.78. The average Bonchev–Trinajstić information content (AvgIpc) is 2.55. The third-order valence-corrected chi connectivity index (χ3v) is 6.02. The fourth-order valence-electron chi connectivity index (χ4n) is 4.97. The van der Waals surface area contributed by atoms with E-state index in [0.29, 0.717) is 18.5 Å². The van der Waals surface area contributed by atoms with E-state index >= 15 is 0 Å². The van der Waals surface area contributed by atoms with Gasteiger partial charge in [-0.25, -0.2) is 0 Å². The van der Waals surface area contributed by atoms with Crippen LogP contribution >= 0.6 is 0 Å². The first-order valence-corrected chi connectivity index (χ1v) is 9.44. The van der Waals surface area contributed by atoms with Crippen molar-refractivity contribution in [3.8, 4) is 0 Å². The SMILES string of the molecule is CNCC1CCCN(CC(=O)N2CCCC3CCCCC32)C1. The van der Waals surface area contributed by atoms with Crippen molar-refractivity contribution in [3.63, 3.8) is 0 Å². The molecule has 0 aromatic heterocycles. The summed E-state index contributed by atoms with van der Waals surface area (Å²) in [5.41, 5.74) is 0. The molecule has 3 rings (SSSR count). The molecule has 0 spiro atoms. The van der Waals surface area contributed by atoms with Crippen LogP contribution < -0.4 is 5.32 Å². The molecule has 1 amide bonds. The molecule has 22 heavy (non-hydrogen) atoms. The lowest BCUT2D eigenvalue weighted by Gasteiger charge is -2.45. The van der Waals surface area contributed by atoms with Gasteiger partial charge in [0.2, 0.25) is 5.91 Å². The van der Waals surface area contributed by atoms with Crippen molar-refractivity contribution >= 4 is 5.91 Å². The molecule has 0 bridgehead atoms. The largest absolute Gasteiger partial charge is 0.338 e. The van der Waals surface area contributed by atoms with Crippen molar-refractivity contribution in [1.29, 1.82) is 0 Å². The van der Waals surface area contributed by atoms with Gasteiger partial charge in [-0.15, -0.1) is 0 Å². The molecule has 2 saturated heterocycles. The highest BCUT2D eigenvalue weighted by molar-refractivity contribution is 5.78. The standard InChI is InChI=1S/C18H33N3O/c1-19-12-15-6-4-10-20(13-15)14-18(22)21-11-5-8-16-7-2-3-9-17(16)21/h15-17,19H,2-14H2,1H3. The topological polar surface area (TPSA) is 35.6 Å². The van der Waals surface area contributed by atoms with E-state index in [2.05, 4.69) is 15.1 Å². The summed E-state index contributed by atoms with van der Waals surface area (Å²) < 4.78 is 0. The Hall–Kier alpha value is -0.610. The first-order chi connectivity index (χ1) is 10.8. The third-order valence-electron chi connectivity index (χ3n) is 6.02. The Balaban J connectivity index is 1.54. The predicted octanol–water partition coefficient (Wildman–Crippen LogP) is 2.10. The average molecular weight is 307 g/mol. The number of likely N-dealkylation sites (tertiary alicyclic amines) is 2. The lowest BCUT2D eigenvalue weighted by atomic mass is 9.78. The molecular formula is C18H33N3O. The molecule has 0 aromatic carbocycles. The van der Waals surface area contributed by atoms with Crippen LogP contribution in [0.15, 0.2) is 0 Å². The Labute approximate surface area is 135 Å². The highest BCUT2D eigenvalue weighted by Crippen LogP contribution is 2.35. The van der Waals surface area contributed by atoms with E-state index < -0.39 is 0 Å². The highest BCUT2D eigenvalue weighted by Gasteiger charge is 2.36. The molecule has 3 atom stereocenters. The maximum absolute atomic E-state index is 12.9. The summed E-state index contributed by atoms with van der Waals surface area (Å²) in [6.07, 6.45) is 10.4. The zero-order valence-corrected chi connectivity index (χ0v) is 14.2. The first kappa shape index (κ1) is 16.3. The first-order valence-electron chi connectivity index (χ1n) is 9.44. The van der Waals surface area contributed by atoms with Gasteiger partial charge < -0.3 is 10.2 Å². The number of piperidine rings is 2. The molecule has 4 nitrogen and oxygen atoms in total. The summed E-state index contributed by atoms with van der Waals surface area (Å²) in [7, 11) is 2.03. The number of carbonyl (C=O) groups excluding carboxylic acids is 1. The maximum Gasteiger partial charge on any atom is 0.237 e. The van der Waals surface area contributed by atoms with Gasteiger partial charge in [-0.3, -0.25) is 9.69 Å². The van der Waals surface area contributed by atoms with E-state index in [4.69, 9.17) is 0 Å². The Bertz CT molecular complexity index is 369. The van der Waals surface area contributed by atoms with Crippen LogP contribution in [0, 0.1) is 11.8 Å². The Morgan fingerprint density at radius 1 is 1.05 bits per heavy atom. The molecule has 3 unspecified atom stereocenters. The number of hydrogen-bond acceptors (Lipinski definition) is 3. The monoisotopic (exact) mass is 307 g/mol. The van der Waals surface area contributed by atoms with Crippen molar-refractivity contribution < 1.29 is 4.79 Å². The van der Waals surface area contributed by atoms with E-state index in [9.17, 15) is 4.79 Å². The van der Waals surface area contributed by atoms with Crippen LogP contribution in [-0.4, -0.2) is 61.5 Å². The van der Waals surface area contributed by atoms with E-state index in [1.807, 2.05) is 7.05 Å². The van der Waals surface area contributed by atoms with Crippen LogP contribution in [0.25, 0.3) is 0 Å². The van der Waals surface area contributed by atoms with Gasteiger partial charge in [0.1, 0.15) is 0 Å². The van der Waals surface area contributed by atoms with Crippen LogP contribution in [0.3, 0.4) is 0 Å². The summed E-state index contributed by atoms with van der Waals surface area (Å²) in [6.45, 7) is 4.94. The quantitative estimate of drug-likeness (QED) is 0.864. The van der Waals surface area contributed by atoms with Gasteiger partial charge in [0.15, 0.2) is 0 Å². The summed E-state index contributed by atoms with van der Waals surface area (Å²) in [5, 5.41) is 3.29. The molecule has 1 aliphatic carbocycles.